The van der Waals surface area contributed by atoms with Crippen LogP contribution in [0, 0.1) is 0 Å². The van der Waals surface area contributed by atoms with E-state index in [2.05, 4.69) is 5.32 Å². The standard InChI is InChI=1S/C29H27ClN2O4S/c1-29(18-30)25(28(35)36-24(20-13-7-3-8-14-20)21-15-9-4-10-16-21)32-26(34)23(27(32)37-29)31-22(33)17-19-11-5-2-6-12-19/h2-16,23-25,27H,17-18H2,1H3,(H,31,33)/t23?,25-,27-,29-/m0/s1. The van der Waals surface area contributed by atoms with Crippen LogP contribution in [0.25, 0.3) is 0 Å². The number of β-lactam (4-membered cyclic amide) rings is 1. The summed E-state index contributed by atoms with van der Waals surface area (Å²) in [7, 11) is 0. The highest BCUT2D eigenvalue weighted by Gasteiger charge is 2.66. The molecule has 1 unspecified atom stereocenters. The molecule has 190 valence electrons. The van der Waals surface area contributed by atoms with Crippen molar-refractivity contribution >= 4 is 41.1 Å². The fourth-order valence-electron chi connectivity index (χ4n) is 4.89. The molecule has 2 amide bonds. The van der Waals surface area contributed by atoms with Gasteiger partial charge >= 0.3 is 5.97 Å². The Hall–Kier alpha value is -3.29. The molecule has 2 aliphatic rings. The zero-order valence-corrected chi connectivity index (χ0v) is 21.8. The predicted octanol–water partition coefficient (Wildman–Crippen LogP) is 4.33. The maximum atomic E-state index is 13.7. The van der Waals surface area contributed by atoms with E-state index < -0.39 is 28.9 Å². The lowest BCUT2D eigenvalue weighted by molar-refractivity contribution is -0.166. The molecule has 6 nitrogen and oxygen atoms in total. The molecule has 4 atom stereocenters. The zero-order valence-electron chi connectivity index (χ0n) is 20.3. The summed E-state index contributed by atoms with van der Waals surface area (Å²) in [6.07, 6.45) is -0.452. The van der Waals surface area contributed by atoms with Gasteiger partial charge in [0.05, 0.1) is 11.2 Å². The second-order valence-electron chi connectivity index (χ2n) is 9.45. The van der Waals surface area contributed by atoms with Gasteiger partial charge in [-0.25, -0.2) is 4.79 Å². The van der Waals surface area contributed by atoms with Gasteiger partial charge in [-0.3, -0.25) is 9.59 Å². The highest BCUT2D eigenvalue weighted by atomic mass is 35.5. The number of ether oxygens (including phenoxy) is 1. The lowest BCUT2D eigenvalue weighted by Gasteiger charge is -2.44. The van der Waals surface area contributed by atoms with E-state index in [-0.39, 0.29) is 29.5 Å². The number of halogens is 1. The van der Waals surface area contributed by atoms with Gasteiger partial charge in [-0.2, -0.15) is 0 Å². The number of nitrogens with zero attached hydrogens (tertiary/aromatic N) is 1. The van der Waals surface area contributed by atoms with E-state index in [0.29, 0.717) is 0 Å². The molecule has 1 N–H and O–H groups in total. The molecule has 0 saturated carbocycles. The van der Waals surface area contributed by atoms with Gasteiger partial charge in [-0.1, -0.05) is 91.0 Å². The van der Waals surface area contributed by atoms with Crippen molar-refractivity contribution in [3.05, 3.63) is 108 Å². The fraction of sp³-hybridized carbons (Fsp3) is 0.276. The molecular weight excluding hydrogens is 508 g/mol. The number of benzene rings is 3. The van der Waals surface area contributed by atoms with E-state index in [1.54, 1.807) is 0 Å². The number of amides is 2. The number of rotatable bonds is 8. The normalized spacial score (nSPS) is 24.4. The molecule has 5 rings (SSSR count). The summed E-state index contributed by atoms with van der Waals surface area (Å²) in [5.41, 5.74) is 2.53. The molecule has 3 aromatic rings. The molecule has 8 heteroatoms. The van der Waals surface area contributed by atoms with Crippen molar-refractivity contribution in [3.63, 3.8) is 0 Å². The molecular formula is C29H27ClN2O4S. The van der Waals surface area contributed by atoms with Crippen LogP contribution >= 0.6 is 23.4 Å². The van der Waals surface area contributed by atoms with Crippen molar-refractivity contribution in [2.45, 2.75) is 41.7 Å². The summed E-state index contributed by atoms with van der Waals surface area (Å²) >= 11 is 7.81. The van der Waals surface area contributed by atoms with Crippen LogP contribution in [-0.2, 0) is 25.5 Å². The molecule has 0 bridgehead atoms. The third-order valence-electron chi connectivity index (χ3n) is 6.78. The lowest BCUT2D eigenvalue weighted by Crippen LogP contribution is -2.71. The molecule has 2 heterocycles. The average Bonchev–Trinajstić information content (AvgIpc) is 3.22. The van der Waals surface area contributed by atoms with Gasteiger partial charge in [-0.15, -0.1) is 23.4 Å². The largest absolute Gasteiger partial charge is 0.451 e. The van der Waals surface area contributed by atoms with Crippen LogP contribution in [0.3, 0.4) is 0 Å². The number of nitrogens with one attached hydrogen (secondary N) is 1. The molecule has 0 radical (unpaired) electrons. The first-order valence-electron chi connectivity index (χ1n) is 12.1. The van der Waals surface area contributed by atoms with Gasteiger partial charge in [0.25, 0.3) is 0 Å². The summed E-state index contributed by atoms with van der Waals surface area (Å²) in [5.74, 6) is -0.912. The van der Waals surface area contributed by atoms with Crippen molar-refractivity contribution in [2.24, 2.45) is 0 Å². The highest BCUT2D eigenvalue weighted by molar-refractivity contribution is 8.01. The third kappa shape index (κ3) is 4.98. The van der Waals surface area contributed by atoms with Crippen molar-refractivity contribution in [3.8, 4) is 0 Å². The Kier molecular flexibility index (Phi) is 7.26. The average molecular weight is 535 g/mol. The number of hydrogen-bond donors (Lipinski definition) is 1. The number of thioether (sulfide) groups is 1. The van der Waals surface area contributed by atoms with E-state index in [0.717, 1.165) is 16.7 Å². The second kappa shape index (κ2) is 10.6. The van der Waals surface area contributed by atoms with Crippen molar-refractivity contribution in [2.75, 3.05) is 5.88 Å². The number of carbonyl (C=O) groups is 3. The molecule has 2 fully saturated rings. The number of fused-ring (bicyclic) bond motifs is 1. The third-order valence-corrected chi connectivity index (χ3v) is 9.14. The van der Waals surface area contributed by atoms with Gasteiger partial charge in [-0.05, 0) is 23.6 Å². The first-order chi connectivity index (χ1) is 17.9. The second-order valence-corrected chi connectivity index (χ2v) is 11.4. The molecule has 0 aromatic heterocycles. The Morgan fingerprint density at radius 1 is 0.973 bits per heavy atom. The molecule has 2 saturated heterocycles. The Labute approximate surface area is 225 Å². The minimum atomic E-state index is -0.871. The highest BCUT2D eigenvalue weighted by Crippen LogP contribution is 2.52. The minimum Gasteiger partial charge on any atom is -0.451 e. The van der Waals surface area contributed by atoms with Crippen LogP contribution in [0.4, 0.5) is 0 Å². The Morgan fingerprint density at radius 3 is 2.05 bits per heavy atom. The van der Waals surface area contributed by atoms with Crippen LogP contribution in [0.15, 0.2) is 91.0 Å². The molecule has 2 aliphatic heterocycles. The topological polar surface area (TPSA) is 75.7 Å². The minimum absolute atomic E-state index is 0.143. The summed E-state index contributed by atoms with van der Waals surface area (Å²) in [5, 5.41) is 2.47. The van der Waals surface area contributed by atoms with Crippen LogP contribution in [0.5, 0.6) is 0 Å². The van der Waals surface area contributed by atoms with E-state index in [4.69, 9.17) is 16.3 Å². The molecule has 0 aliphatic carbocycles. The van der Waals surface area contributed by atoms with Crippen molar-refractivity contribution in [1.29, 1.82) is 0 Å². The van der Waals surface area contributed by atoms with Gasteiger partial charge in [0.1, 0.15) is 17.5 Å². The van der Waals surface area contributed by atoms with Crippen molar-refractivity contribution < 1.29 is 19.1 Å². The fourth-order valence-corrected chi connectivity index (χ4v) is 6.84. The monoisotopic (exact) mass is 534 g/mol. The first-order valence-corrected chi connectivity index (χ1v) is 13.5. The van der Waals surface area contributed by atoms with Gasteiger partial charge in [0.15, 0.2) is 6.10 Å². The van der Waals surface area contributed by atoms with Gasteiger partial charge in [0, 0.05) is 5.88 Å². The Morgan fingerprint density at radius 2 is 1.51 bits per heavy atom. The van der Waals surface area contributed by atoms with Crippen LogP contribution in [0.1, 0.15) is 29.7 Å². The summed E-state index contributed by atoms with van der Waals surface area (Å²) in [4.78, 5) is 41.1. The lowest BCUT2D eigenvalue weighted by atomic mass is 9.95. The quantitative estimate of drug-likeness (QED) is 0.264. The van der Waals surface area contributed by atoms with E-state index in [1.807, 2.05) is 97.9 Å². The molecule has 37 heavy (non-hydrogen) atoms. The molecule has 0 spiro atoms. The summed E-state index contributed by atoms with van der Waals surface area (Å²) < 4.78 is 5.34. The van der Waals surface area contributed by atoms with Crippen molar-refractivity contribution in [1.82, 2.24) is 10.2 Å². The maximum Gasteiger partial charge on any atom is 0.331 e. The number of esters is 1. The smallest absolute Gasteiger partial charge is 0.331 e. The maximum absolute atomic E-state index is 13.7. The number of carbonyl (C=O) groups excluding carboxylic acids is 3. The van der Waals surface area contributed by atoms with Gasteiger partial charge in [0.2, 0.25) is 11.8 Å². The Bertz CT molecular complexity index is 1240. The predicted molar refractivity (Wildman–Crippen MR) is 144 cm³/mol. The van der Waals surface area contributed by atoms with Gasteiger partial charge < -0.3 is 15.0 Å². The van der Waals surface area contributed by atoms with E-state index in [1.165, 1.54) is 16.7 Å². The molecule has 3 aromatic carbocycles. The number of hydrogen-bond acceptors (Lipinski definition) is 5. The summed E-state index contributed by atoms with van der Waals surface area (Å²) in [6, 6.07) is 26.8. The van der Waals surface area contributed by atoms with Crippen LogP contribution in [0.2, 0.25) is 0 Å². The summed E-state index contributed by atoms with van der Waals surface area (Å²) in [6.45, 7) is 1.87. The zero-order chi connectivity index (χ0) is 26.0. The first kappa shape index (κ1) is 25.4. The van der Waals surface area contributed by atoms with Crippen LogP contribution < -0.4 is 5.32 Å². The SMILES string of the molecule is C[C@@]1(CCl)S[C@H]2C(NC(=O)Cc3ccccc3)C(=O)N2[C@H]1C(=O)OC(c1ccccc1)c1ccccc1. The van der Waals surface area contributed by atoms with E-state index >= 15 is 0 Å². The van der Waals surface area contributed by atoms with E-state index in [9.17, 15) is 14.4 Å². The Balaban J connectivity index is 1.34. The van der Waals surface area contributed by atoms with Crippen LogP contribution in [-0.4, -0.2) is 50.8 Å². The number of alkyl halides is 1.